The fourth-order valence-electron chi connectivity index (χ4n) is 3.85. The summed E-state index contributed by atoms with van der Waals surface area (Å²) in [6.07, 6.45) is 2.29. The number of carboxylic acids is 1. The Balaban J connectivity index is 1.82. The number of nitrogens with one attached hydrogen (secondary N) is 1. The molecular formula is C24H22FN5O3. The number of pyridine rings is 1. The minimum Gasteiger partial charge on any atom is -0.478 e. The predicted octanol–water partition coefficient (Wildman–Crippen LogP) is 4.17. The maximum atomic E-state index is 14.6. The first kappa shape index (κ1) is 22.1. The summed E-state index contributed by atoms with van der Waals surface area (Å²) in [4.78, 5) is 24.7. The van der Waals surface area contributed by atoms with Gasteiger partial charge in [0, 0.05) is 16.9 Å². The Morgan fingerprint density at radius 1 is 1.18 bits per heavy atom. The Morgan fingerprint density at radius 3 is 2.58 bits per heavy atom. The standard InChI is InChI=1S/C24H22FN5O3/c1-3-4-6-17-13-19(24(32)33)14(2)23(31)30(17)16-11-9-15(10-12-16)18-7-5-8-20(25)21(18)22-26-28-29-27-22/h5,7-13H,3-4,6H2,1-2H3,(H,32,33)(H,26,27,28,29). The van der Waals surface area contributed by atoms with Crippen LogP contribution in [0.3, 0.4) is 0 Å². The Hall–Kier alpha value is -4.14. The van der Waals surface area contributed by atoms with E-state index in [0.29, 0.717) is 28.9 Å². The minimum atomic E-state index is -1.12. The van der Waals surface area contributed by atoms with Crippen molar-refractivity contribution in [2.75, 3.05) is 0 Å². The van der Waals surface area contributed by atoms with Crippen LogP contribution in [0.5, 0.6) is 0 Å². The van der Waals surface area contributed by atoms with Crippen LogP contribution >= 0.6 is 0 Å². The Kier molecular flexibility index (Phi) is 6.12. The fraction of sp³-hybridized carbons (Fsp3) is 0.208. The normalized spacial score (nSPS) is 11.0. The van der Waals surface area contributed by atoms with E-state index in [1.165, 1.54) is 13.0 Å². The van der Waals surface area contributed by atoms with Crippen LogP contribution in [0.15, 0.2) is 53.3 Å². The molecule has 0 fully saturated rings. The Labute approximate surface area is 188 Å². The second-order valence-electron chi connectivity index (χ2n) is 7.67. The lowest BCUT2D eigenvalue weighted by molar-refractivity contribution is 0.0695. The molecule has 0 atom stereocenters. The number of hydrogen-bond donors (Lipinski definition) is 2. The summed E-state index contributed by atoms with van der Waals surface area (Å²) in [6, 6.07) is 13.3. The molecule has 0 aliphatic heterocycles. The number of unbranched alkanes of at least 4 members (excludes halogenated alkanes) is 1. The molecule has 0 spiro atoms. The summed E-state index contributed by atoms with van der Waals surface area (Å²) in [5.74, 6) is -1.45. The van der Waals surface area contributed by atoms with Crippen LogP contribution in [0.4, 0.5) is 4.39 Å². The highest BCUT2D eigenvalue weighted by atomic mass is 19.1. The van der Waals surface area contributed by atoms with Crippen LogP contribution in [0, 0.1) is 12.7 Å². The van der Waals surface area contributed by atoms with Crippen molar-refractivity contribution in [1.82, 2.24) is 25.2 Å². The summed E-state index contributed by atoms with van der Waals surface area (Å²) < 4.78 is 16.1. The molecule has 0 bridgehead atoms. The summed E-state index contributed by atoms with van der Waals surface area (Å²) in [6.45, 7) is 3.55. The molecule has 0 unspecified atom stereocenters. The van der Waals surface area contributed by atoms with Gasteiger partial charge in [0.2, 0.25) is 5.82 Å². The smallest absolute Gasteiger partial charge is 0.336 e. The van der Waals surface area contributed by atoms with Crippen molar-refractivity contribution >= 4 is 5.97 Å². The molecule has 4 rings (SSSR count). The number of H-pyrrole nitrogens is 1. The van der Waals surface area contributed by atoms with E-state index in [4.69, 9.17) is 0 Å². The maximum absolute atomic E-state index is 14.6. The van der Waals surface area contributed by atoms with Gasteiger partial charge in [-0.1, -0.05) is 37.6 Å². The van der Waals surface area contributed by atoms with E-state index in [-0.39, 0.29) is 28.1 Å². The third kappa shape index (κ3) is 4.17. The van der Waals surface area contributed by atoms with E-state index in [9.17, 15) is 19.1 Å². The number of aromatic amines is 1. The van der Waals surface area contributed by atoms with Crippen LogP contribution in [0.2, 0.25) is 0 Å². The van der Waals surface area contributed by atoms with E-state index in [1.54, 1.807) is 47.0 Å². The topological polar surface area (TPSA) is 114 Å². The molecule has 2 heterocycles. The number of aromatic nitrogens is 5. The molecule has 2 aromatic heterocycles. The monoisotopic (exact) mass is 447 g/mol. The first-order valence-corrected chi connectivity index (χ1v) is 10.5. The van der Waals surface area contributed by atoms with Crippen molar-refractivity contribution in [2.45, 2.75) is 33.1 Å². The fourth-order valence-corrected chi connectivity index (χ4v) is 3.85. The molecule has 0 aliphatic rings. The number of rotatable bonds is 7. The zero-order valence-electron chi connectivity index (χ0n) is 18.2. The highest BCUT2D eigenvalue weighted by molar-refractivity contribution is 5.89. The molecule has 168 valence electrons. The van der Waals surface area contributed by atoms with Gasteiger partial charge >= 0.3 is 5.97 Å². The zero-order chi connectivity index (χ0) is 23.5. The number of benzene rings is 2. The summed E-state index contributed by atoms with van der Waals surface area (Å²) >= 11 is 0. The third-order valence-corrected chi connectivity index (χ3v) is 5.56. The number of carboxylic acid groups (broad SMARTS) is 1. The van der Waals surface area contributed by atoms with Crippen LogP contribution in [0.25, 0.3) is 28.2 Å². The first-order chi connectivity index (χ1) is 15.9. The maximum Gasteiger partial charge on any atom is 0.336 e. The lowest BCUT2D eigenvalue weighted by atomic mass is 9.98. The second kappa shape index (κ2) is 9.15. The predicted molar refractivity (Wildman–Crippen MR) is 121 cm³/mol. The molecule has 0 amide bonds. The quantitative estimate of drug-likeness (QED) is 0.439. The number of hydrogen-bond acceptors (Lipinski definition) is 5. The SMILES string of the molecule is CCCCc1cc(C(=O)O)c(C)c(=O)n1-c1ccc(-c2cccc(F)c2-c2nn[nH]n2)cc1. The average Bonchev–Trinajstić information content (AvgIpc) is 3.34. The van der Waals surface area contributed by atoms with Gasteiger partial charge < -0.3 is 5.11 Å². The molecule has 8 nitrogen and oxygen atoms in total. The Morgan fingerprint density at radius 2 is 1.94 bits per heavy atom. The van der Waals surface area contributed by atoms with E-state index in [0.717, 1.165) is 12.8 Å². The molecule has 0 radical (unpaired) electrons. The van der Waals surface area contributed by atoms with Crippen molar-refractivity contribution in [2.24, 2.45) is 0 Å². The van der Waals surface area contributed by atoms with Gasteiger partial charge in [0.1, 0.15) is 5.82 Å². The van der Waals surface area contributed by atoms with Gasteiger partial charge in [-0.2, -0.15) is 5.21 Å². The van der Waals surface area contributed by atoms with Crippen molar-refractivity contribution in [3.8, 4) is 28.2 Å². The number of tetrazole rings is 1. The highest BCUT2D eigenvalue weighted by Gasteiger charge is 2.19. The average molecular weight is 447 g/mol. The number of nitrogens with zero attached hydrogens (tertiary/aromatic N) is 4. The molecule has 0 aliphatic carbocycles. The van der Waals surface area contributed by atoms with Gasteiger partial charge in [-0.3, -0.25) is 9.36 Å². The van der Waals surface area contributed by atoms with Crippen molar-refractivity contribution in [3.63, 3.8) is 0 Å². The summed E-state index contributed by atoms with van der Waals surface area (Å²) in [5, 5.41) is 23.2. The number of carbonyl (C=O) groups is 1. The highest BCUT2D eigenvalue weighted by Crippen LogP contribution is 2.32. The van der Waals surface area contributed by atoms with E-state index < -0.39 is 11.8 Å². The van der Waals surface area contributed by atoms with Crippen LogP contribution in [-0.4, -0.2) is 36.3 Å². The molecule has 0 saturated heterocycles. The summed E-state index contributed by atoms with van der Waals surface area (Å²) in [5.41, 5.74) is 2.58. The molecule has 2 aromatic carbocycles. The van der Waals surface area contributed by atoms with Crippen molar-refractivity contribution in [3.05, 3.63) is 81.5 Å². The molecule has 9 heteroatoms. The van der Waals surface area contributed by atoms with Crippen LogP contribution in [0.1, 0.15) is 41.4 Å². The number of aryl methyl sites for hydroxylation is 1. The molecular weight excluding hydrogens is 425 g/mol. The molecule has 0 saturated carbocycles. The van der Waals surface area contributed by atoms with Gasteiger partial charge in [-0.15, -0.1) is 10.2 Å². The van der Waals surface area contributed by atoms with E-state index in [1.807, 2.05) is 6.92 Å². The third-order valence-electron chi connectivity index (χ3n) is 5.56. The number of aromatic carboxylic acids is 1. The van der Waals surface area contributed by atoms with E-state index in [2.05, 4.69) is 20.6 Å². The summed E-state index contributed by atoms with van der Waals surface area (Å²) in [7, 11) is 0. The van der Waals surface area contributed by atoms with Gasteiger partial charge in [0.05, 0.1) is 11.1 Å². The molecule has 33 heavy (non-hydrogen) atoms. The molecule has 4 aromatic rings. The van der Waals surface area contributed by atoms with Gasteiger partial charge in [-0.05, 0) is 60.4 Å². The zero-order valence-corrected chi connectivity index (χ0v) is 18.2. The Bertz CT molecular complexity index is 1360. The molecule has 2 N–H and O–H groups in total. The van der Waals surface area contributed by atoms with Crippen LogP contribution in [-0.2, 0) is 6.42 Å². The van der Waals surface area contributed by atoms with E-state index >= 15 is 0 Å². The van der Waals surface area contributed by atoms with Gasteiger partial charge in [0.25, 0.3) is 5.56 Å². The lowest BCUT2D eigenvalue weighted by Crippen LogP contribution is -2.27. The second-order valence-corrected chi connectivity index (χ2v) is 7.67. The lowest BCUT2D eigenvalue weighted by Gasteiger charge is -2.16. The largest absolute Gasteiger partial charge is 0.478 e. The van der Waals surface area contributed by atoms with Gasteiger partial charge in [-0.25, -0.2) is 9.18 Å². The van der Waals surface area contributed by atoms with Gasteiger partial charge in [0.15, 0.2) is 0 Å². The minimum absolute atomic E-state index is 0.0171. The van der Waals surface area contributed by atoms with Crippen LogP contribution < -0.4 is 5.56 Å². The number of halogens is 1. The first-order valence-electron chi connectivity index (χ1n) is 10.5. The van der Waals surface area contributed by atoms with Crippen molar-refractivity contribution < 1.29 is 14.3 Å². The van der Waals surface area contributed by atoms with Crippen molar-refractivity contribution in [1.29, 1.82) is 0 Å².